The Hall–Kier alpha value is -1.84. The van der Waals surface area contributed by atoms with E-state index in [1.54, 1.807) is 7.11 Å². The van der Waals surface area contributed by atoms with Gasteiger partial charge in [-0.25, -0.2) is 4.98 Å². The van der Waals surface area contributed by atoms with E-state index in [2.05, 4.69) is 37.1 Å². The largest absolute Gasteiger partial charge is 0.384 e. The average molecular weight is 336 g/mol. The molecule has 0 aliphatic carbocycles. The van der Waals surface area contributed by atoms with E-state index in [0.29, 0.717) is 44.4 Å². The molecule has 1 aliphatic heterocycles. The molecule has 0 aromatic carbocycles. The predicted octanol–water partition coefficient (Wildman–Crippen LogP) is 0.903. The summed E-state index contributed by atoms with van der Waals surface area (Å²) in [7, 11) is 1.66. The van der Waals surface area contributed by atoms with Gasteiger partial charge < -0.3 is 14.0 Å². The van der Waals surface area contributed by atoms with E-state index in [1.165, 1.54) is 0 Å². The number of aromatic nitrogens is 5. The number of hydrogen-bond acceptors (Lipinski definition) is 8. The lowest BCUT2D eigenvalue weighted by molar-refractivity contribution is -0.0396. The van der Waals surface area contributed by atoms with Crippen molar-refractivity contribution in [3.63, 3.8) is 0 Å². The maximum atomic E-state index is 5.81. The van der Waals surface area contributed by atoms with E-state index >= 15 is 0 Å². The molecule has 1 atom stereocenters. The summed E-state index contributed by atoms with van der Waals surface area (Å²) in [5.74, 6) is 2.92. The summed E-state index contributed by atoms with van der Waals surface area (Å²) in [5, 5.41) is 11.2. The molecular formula is C15H24N6O3. The highest BCUT2D eigenvalue weighted by Gasteiger charge is 2.26. The number of methoxy groups -OCH3 is 1. The summed E-state index contributed by atoms with van der Waals surface area (Å²) in [6, 6.07) is 0. The van der Waals surface area contributed by atoms with Gasteiger partial charge in [-0.2, -0.15) is 10.1 Å². The molecule has 9 nitrogen and oxygen atoms in total. The Morgan fingerprint density at radius 3 is 3.08 bits per heavy atom. The Morgan fingerprint density at radius 2 is 2.25 bits per heavy atom. The normalized spacial score (nSPS) is 19.0. The quantitative estimate of drug-likeness (QED) is 0.758. The maximum Gasteiger partial charge on any atom is 0.240 e. The summed E-state index contributed by atoms with van der Waals surface area (Å²) < 4.78 is 16.1. The summed E-state index contributed by atoms with van der Waals surface area (Å²) in [6.45, 7) is 5.46. The Kier molecular flexibility index (Phi) is 5.89. The average Bonchev–Trinajstić information content (AvgIpc) is 3.23. The van der Waals surface area contributed by atoms with Crippen molar-refractivity contribution >= 4 is 0 Å². The molecule has 9 heteroatoms. The fourth-order valence-electron chi connectivity index (χ4n) is 2.65. The molecule has 0 amide bonds. The zero-order valence-electron chi connectivity index (χ0n) is 14.2. The van der Waals surface area contributed by atoms with Crippen LogP contribution < -0.4 is 0 Å². The zero-order valence-corrected chi connectivity index (χ0v) is 14.2. The van der Waals surface area contributed by atoms with Crippen LogP contribution in [0.25, 0.3) is 0 Å². The van der Waals surface area contributed by atoms with Gasteiger partial charge in [0.15, 0.2) is 11.6 Å². The number of rotatable bonds is 8. The number of aryl methyl sites for hydroxylation is 1. The molecule has 2 aromatic heterocycles. The first kappa shape index (κ1) is 17.0. The van der Waals surface area contributed by atoms with Crippen LogP contribution in [-0.4, -0.2) is 63.6 Å². The van der Waals surface area contributed by atoms with Crippen LogP contribution in [0.2, 0.25) is 0 Å². The van der Waals surface area contributed by atoms with Crippen LogP contribution in [0.3, 0.4) is 0 Å². The van der Waals surface area contributed by atoms with Gasteiger partial charge in [-0.15, -0.1) is 0 Å². The Morgan fingerprint density at radius 1 is 1.33 bits per heavy atom. The molecule has 1 fully saturated rings. The van der Waals surface area contributed by atoms with Crippen LogP contribution in [0.15, 0.2) is 4.52 Å². The number of ether oxygens (including phenoxy) is 2. The monoisotopic (exact) mass is 336 g/mol. The molecule has 1 N–H and O–H groups in total. The maximum absolute atomic E-state index is 5.81. The van der Waals surface area contributed by atoms with Crippen LogP contribution >= 0.6 is 0 Å². The summed E-state index contributed by atoms with van der Waals surface area (Å²) >= 11 is 0. The van der Waals surface area contributed by atoms with Crippen LogP contribution in [0, 0.1) is 0 Å². The van der Waals surface area contributed by atoms with Crippen molar-refractivity contribution in [2.75, 3.05) is 33.4 Å². The van der Waals surface area contributed by atoms with Gasteiger partial charge in [-0.1, -0.05) is 12.1 Å². The molecule has 132 valence electrons. The number of aromatic amines is 1. The van der Waals surface area contributed by atoms with Crippen LogP contribution in [0.4, 0.5) is 0 Å². The number of morpholine rings is 1. The highest BCUT2D eigenvalue weighted by atomic mass is 16.5. The van der Waals surface area contributed by atoms with Crippen LogP contribution in [0.1, 0.15) is 42.8 Å². The summed E-state index contributed by atoms with van der Waals surface area (Å²) in [4.78, 5) is 11.1. The highest BCUT2D eigenvalue weighted by Crippen LogP contribution is 2.20. The van der Waals surface area contributed by atoms with E-state index in [1.807, 2.05) is 0 Å². The molecule has 24 heavy (non-hydrogen) atoms. The second kappa shape index (κ2) is 8.32. The summed E-state index contributed by atoms with van der Waals surface area (Å²) in [6.07, 6.45) is 2.46. The van der Waals surface area contributed by atoms with Crippen molar-refractivity contribution in [3.8, 4) is 0 Å². The van der Waals surface area contributed by atoms with E-state index in [0.717, 1.165) is 31.0 Å². The fraction of sp³-hybridized carbons (Fsp3) is 0.733. The first-order chi connectivity index (χ1) is 11.8. The van der Waals surface area contributed by atoms with Crippen molar-refractivity contribution in [3.05, 3.63) is 23.4 Å². The first-order valence-electron chi connectivity index (χ1n) is 8.34. The molecule has 0 unspecified atom stereocenters. The SMILES string of the molecule is CCCc1nc([C@@H]2CN(Cc3nc(CCOC)no3)CCO2)n[nH]1. The first-order valence-corrected chi connectivity index (χ1v) is 8.34. The molecule has 2 aromatic rings. The standard InChI is InChI=1S/C15H24N6O3/c1-3-4-12-17-15(19-18-12)11-9-21(6-8-23-11)10-14-16-13(20-24-14)5-7-22-2/h11H,3-10H2,1-2H3,(H,17,18,19)/t11-/m0/s1. The van der Waals surface area contributed by atoms with Crippen LogP contribution in [0.5, 0.6) is 0 Å². The van der Waals surface area contributed by atoms with Crippen molar-refractivity contribution in [2.24, 2.45) is 0 Å². The topological polar surface area (TPSA) is 102 Å². The van der Waals surface area contributed by atoms with E-state index in [4.69, 9.17) is 14.0 Å². The molecule has 0 saturated carbocycles. The molecule has 3 rings (SSSR count). The third-order valence-corrected chi connectivity index (χ3v) is 3.87. The molecule has 0 radical (unpaired) electrons. The third-order valence-electron chi connectivity index (χ3n) is 3.87. The molecular weight excluding hydrogens is 312 g/mol. The lowest BCUT2D eigenvalue weighted by Gasteiger charge is -2.30. The van der Waals surface area contributed by atoms with E-state index in [-0.39, 0.29) is 6.10 Å². The number of nitrogens with zero attached hydrogens (tertiary/aromatic N) is 5. The number of nitrogens with one attached hydrogen (secondary N) is 1. The fourth-order valence-corrected chi connectivity index (χ4v) is 2.65. The van der Waals surface area contributed by atoms with E-state index < -0.39 is 0 Å². The summed E-state index contributed by atoms with van der Waals surface area (Å²) in [5.41, 5.74) is 0. The van der Waals surface area contributed by atoms with Gasteiger partial charge in [0.05, 0.1) is 19.8 Å². The third kappa shape index (κ3) is 4.37. The molecule has 0 spiro atoms. The molecule has 1 aliphatic rings. The van der Waals surface area contributed by atoms with Gasteiger partial charge in [0, 0.05) is 33.0 Å². The molecule has 3 heterocycles. The molecule has 1 saturated heterocycles. The van der Waals surface area contributed by atoms with Gasteiger partial charge in [0.25, 0.3) is 0 Å². The number of hydrogen-bond donors (Lipinski definition) is 1. The minimum Gasteiger partial charge on any atom is -0.384 e. The van der Waals surface area contributed by atoms with Crippen molar-refractivity contribution in [1.82, 2.24) is 30.2 Å². The van der Waals surface area contributed by atoms with Crippen molar-refractivity contribution in [2.45, 2.75) is 38.8 Å². The highest BCUT2D eigenvalue weighted by molar-refractivity contribution is 4.97. The smallest absolute Gasteiger partial charge is 0.240 e. The lowest BCUT2D eigenvalue weighted by atomic mass is 10.2. The Labute approximate surface area is 140 Å². The van der Waals surface area contributed by atoms with Gasteiger partial charge in [-0.3, -0.25) is 10.00 Å². The minimum absolute atomic E-state index is 0.128. The second-order valence-corrected chi connectivity index (χ2v) is 5.83. The Bertz CT molecular complexity index is 628. The zero-order chi connectivity index (χ0) is 16.8. The van der Waals surface area contributed by atoms with Gasteiger partial charge >= 0.3 is 0 Å². The Balaban J connectivity index is 1.55. The van der Waals surface area contributed by atoms with Crippen LogP contribution in [-0.2, 0) is 28.9 Å². The van der Waals surface area contributed by atoms with Gasteiger partial charge in [0.2, 0.25) is 5.89 Å². The predicted molar refractivity (Wildman–Crippen MR) is 84.2 cm³/mol. The molecule has 0 bridgehead atoms. The minimum atomic E-state index is -0.128. The van der Waals surface area contributed by atoms with Crippen molar-refractivity contribution < 1.29 is 14.0 Å². The van der Waals surface area contributed by atoms with Gasteiger partial charge in [0.1, 0.15) is 11.9 Å². The lowest BCUT2D eigenvalue weighted by Crippen LogP contribution is -2.38. The second-order valence-electron chi connectivity index (χ2n) is 5.83. The van der Waals surface area contributed by atoms with E-state index in [9.17, 15) is 0 Å². The van der Waals surface area contributed by atoms with Gasteiger partial charge in [-0.05, 0) is 6.42 Å². The van der Waals surface area contributed by atoms with Crippen molar-refractivity contribution in [1.29, 1.82) is 0 Å². The number of H-pyrrole nitrogens is 1.